The molecule has 1 aromatic heterocycles. The van der Waals surface area contributed by atoms with Crippen LogP contribution in [-0.2, 0) is 20.9 Å². The van der Waals surface area contributed by atoms with E-state index in [0.717, 1.165) is 67.1 Å². The molecule has 2 atom stereocenters. The summed E-state index contributed by atoms with van der Waals surface area (Å²) in [6, 6.07) is 21.3. The third-order valence-corrected chi connectivity index (χ3v) is 10.2. The fraction of sp³-hybridized carbons (Fsp3) is 0.353. The number of likely N-dealkylation sites (tertiary alicyclic amines) is 1. The largest absolute Gasteiger partial charge is 0.379 e. The third-order valence-electron chi connectivity index (χ3n) is 8.47. The highest BCUT2D eigenvalue weighted by atomic mass is 35.5. The smallest absolute Gasteiger partial charge is 0.225 e. The Labute approximate surface area is 260 Å². The van der Waals surface area contributed by atoms with Gasteiger partial charge < -0.3 is 14.6 Å². The molecule has 43 heavy (non-hydrogen) atoms. The molecule has 0 spiro atoms. The number of morpholine rings is 1. The van der Waals surface area contributed by atoms with Crippen molar-refractivity contribution in [2.45, 2.75) is 47.9 Å². The Balaban J connectivity index is 1.38. The predicted molar refractivity (Wildman–Crippen MR) is 169 cm³/mol. The van der Waals surface area contributed by atoms with E-state index in [9.17, 15) is 14.0 Å². The summed E-state index contributed by atoms with van der Waals surface area (Å²) in [6.45, 7) is 4.58. The Bertz CT molecular complexity index is 1580. The lowest BCUT2D eigenvalue weighted by Crippen LogP contribution is -2.42. The van der Waals surface area contributed by atoms with E-state index in [1.54, 1.807) is 6.07 Å². The van der Waals surface area contributed by atoms with Crippen molar-refractivity contribution in [3.05, 3.63) is 101 Å². The number of nitrogens with zero attached hydrogens (tertiary/aromatic N) is 2. The van der Waals surface area contributed by atoms with Crippen LogP contribution in [0.5, 0.6) is 0 Å². The van der Waals surface area contributed by atoms with Crippen LogP contribution in [0.2, 0.25) is 5.02 Å². The highest BCUT2D eigenvalue weighted by molar-refractivity contribution is 8.01. The van der Waals surface area contributed by atoms with Crippen LogP contribution in [0.4, 0.5) is 4.39 Å². The highest BCUT2D eigenvalue weighted by Crippen LogP contribution is 2.55. The van der Waals surface area contributed by atoms with Crippen molar-refractivity contribution in [3.63, 3.8) is 0 Å². The first kappa shape index (κ1) is 29.9. The maximum absolute atomic E-state index is 14.6. The number of thioether (sulfide) groups is 1. The quantitative estimate of drug-likeness (QED) is 0.183. The van der Waals surface area contributed by atoms with Crippen molar-refractivity contribution >= 4 is 46.0 Å². The number of ketones is 1. The number of H-pyrrole nitrogens is 1. The van der Waals surface area contributed by atoms with Gasteiger partial charge in [0.25, 0.3) is 0 Å². The molecule has 4 aromatic rings. The van der Waals surface area contributed by atoms with E-state index in [1.807, 2.05) is 65.7 Å². The summed E-state index contributed by atoms with van der Waals surface area (Å²) in [5.74, 6) is -0.360. The summed E-state index contributed by atoms with van der Waals surface area (Å²) in [6.07, 6.45) is 3.94. The number of rotatable bonds is 11. The third kappa shape index (κ3) is 6.53. The van der Waals surface area contributed by atoms with Gasteiger partial charge in [-0.15, -0.1) is 11.8 Å². The SMILES string of the molecule is O=C1C[C@](Sc2ccccc2)(C(=O)CCCCN2CCOCC2)[C@H](c2c[nH]c3cc(F)ccc23)N1Cc1ccc(Cl)cc1. The van der Waals surface area contributed by atoms with Crippen LogP contribution in [-0.4, -0.2) is 64.1 Å². The molecular weight excluding hydrogens is 585 g/mol. The first-order chi connectivity index (χ1) is 20.9. The van der Waals surface area contributed by atoms with Gasteiger partial charge in [0, 0.05) is 58.6 Å². The van der Waals surface area contributed by atoms with Crippen LogP contribution in [0.1, 0.15) is 42.9 Å². The minimum Gasteiger partial charge on any atom is -0.379 e. The monoisotopic (exact) mass is 619 g/mol. The van der Waals surface area contributed by atoms with Gasteiger partial charge in [-0.2, -0.15) is 0 Å². The first-order valence-corrected chi connectivity index (χ1v) is 16.0. The molecule has 2 aliphatic heterocycles. The Kier molecular flexibility index (Phi) is 9.19. The van der Waals surface area contributed by atoms with Gasteiger partial charge in [-0.25, -0.2) is 4.39 Å². The van der Waals surface area contributed by atoms with Crippen molar-refractivity contribution in [2.75, 3.05) is 32.8 Å². The molecule has 6 nitrogen and oxygen atoms in total. The van der Waals surface area contributed by atoms with E-state index in [4.69, 9.17) is 16.3 Å². The Hall–Kier alpha value is -3.17. The fourth-order valence-corrected chi connectivity index (χ4v) is 7.92. The van der Waals surface area contributed by atoms with E-state index in [0.29, 0.717) is 23.5 Å². The topological polar surface area (TPSA) is 65.6 Å². The Morgan fingerprint density at radius 3 is 2.58 bits per heavy atom. The number of amides is 1. The number of aromatic amines is 1. The molecule has 1 N–H and O–H groups in total. The van der Waals surface area contributed by atoms with Gasteiger partial charge in [-0.05, 0) is 67.4 Å². The normalized spacial score (nSPS) is 21.1. The average Bonchev–Trinajstić information content (AvgIpc) is 3.54. The zero-order valence-corrected chi connectivity index (χ0v) is 25.5. The summed E-state index contributed by atoms with van der Waals surface area (Å²) >= 11 is 7.64. The molecule has 3 heterocycles. The summed E-state index contributed by atoms with van der Waals surface area (Å²) < 4.78 is 18.6. The van der Waals surface area contributed by atoms with Crippen molar-refractivity contribution in [1.29, 1.82) is 0 Å². The van der Waals surface area contributed by atoms with Gasteiger partial charge in [0.1, 0.15) is 10.6 Å². The van der Waals surface area contributed by atoms with Crippen molar-refractivity contribution < 1.29 is 18.7 Å². The minimum absolute atomic E-state index is 0.0664. The van der Waals surface area contributed by atoms with Crippen molar-refractivity contribution in [3.8, 4) is 0 Å². The molecule has 0 radical (unpaired) electrons. The zero-order chi connectivity index (χ0) is 29.8. The van der Waals surface area contributed by atoms with E-state index >= 15 is 0 Å². The maximum Gasteiger partial charge on any atom is 0.225 e. The van der Waals surface area contributed by atoms with Crippen LogP contribution in [0.15, 0.2) is 83.9 Å². The van der Waals surface area contributed by atoms with Crippen LogP contribution in [0.25, 0.3) is 10.9 Å². The molecule has 6 rings (SSSR count). The zero-order valence-electron chi connectivity index (χ0n) is 23.9. The van der Waals surface area contributed by atoms with Crippen molar-refractivity contribution in [2.24, 2.45) is 0 Å². The van der Waals surface area contributed by atoms with Gasteiger partial charge in [0.15, 0.2) is 5.78 Å². The molecule has 0 saturated carbocycles. The van der Waals surface area contributed by atoms with Gasteiger partial charge in [0.2, 0.25) is 5.91 Å². The standard InChI is InChI=1S/C34H35ClFN3O3S/c35-25-11-9-24(10-12-25)23-39-32(41)21-34(43-27-6-2-1-3-7-27,31(40)8-4-5-15-38-16-18-42-19-17-38)33(39)29-22-37-30-20-26(36)13-14-28(29)30/h1-3,6-7,9-14,20,22,33,37H,4-5,8,15-19,21,23H2/t33-,34-/m0/s1. The number of unbranched alkanes of at least 4 members (excludes halogenated alkanes) is 1. The lowest BCUT2D eigenvalue weighted by molar-refractivity contribution is -0.129. The summed E-state index contributed by atoms with van der Waals surface area (Å²) in [7, 11) is 0. The number of halogens is 2. The van der Waals surface area contributed by atoms with Crippen LogP contribution < -0.4 is 0 Å². The average molecular weight is 620 g/mol. The number of hydrogen-bond acceptors (Lipinski definition) is 5. The number of carbonyl (C=O) groups excluding carboxylic acids is 2. The Morgan fingerprint density at radius 1 is 1.05 bits per heavy atom. The lowest BCUT2D eigenvalue weighted by Gasteiger charge is -2.36. The van der Waals surface area contributed by atoms with Crippen LogP contribution >= 0.6 is 23.4 Å². The summed E-state index contributed by atoms with van der Waals surface area (Å²) in [5, 5.41) is 1.42. The number of aromatic nitrogens is 1. The molecule has 3 aromatic carbocycles. The second kappa shape index (κ2) is 13.2. The van der Waals surface area contributed by atoms with E-state index in [-0.39, 0.29) is 23.9 Å². The fourth-order valence-electron chi connectivity index (χ4n) is 6.31. The number of ether oxygens (including phenoxy) is 1. The van der Waals surface area contributed by atoms with Crippen LogP contribution in [0.3, 0.4) is 0 Å². The van der Waals surface area contributed by atoms with E-state index < -0.39 is 10.8 Å². The molecular formula is C34H35ClFN3O3S. The number of nitrogens with one attached hydrogen (secondary N) is 1. The predicted octanol–water partition coefficient (Wildman–Crippen LogP) is 7.04. The van der Waals surface area contributed by atoms with Gasteiger partial charge in [-0.3, -0.25) is 14.5 Å². The van der Waals surface area contributed by atoms with Gasteiger partial charge >= 0.3 is 0 Å². The molecule has 0 bridgehead atoms. The number of benzene rings is 3. The van der Waals surface area contributed by atoms with Gasteiger partial charge in [-0.1, -0.05) is 41.9 Å². The second-order valence-corrected chi connectivity index (χ2v) is 13.1. The first-order valence-electron chi connectivity index (χ1n) is 14.8. The summed E-state index contributed by atoms with van der Waals surface area (Å²) in [4.78, 5) is 37.0. The molecule has 9 heteroatoms. The molecule has 1 amide bonds. The second-order valence-electron chi connectivity index (χ2n) is 11.3. The summed E-state index contributed by atoms with van der Waals surface area (Å²) in [5.41, 5.74) is 2.38. The molecule has 224 valence electrons. The minimum atomic E-state index is -1.06. The van der Waals surface area contributed by atoms with E-state index in [1.165, 1.54) is 23.9 Å². The number of fused-ring (bicyclic) bond motifs is 1. The molecule has 0 aliphatic carbocycles. The maximum atomic E-state index is 14.6. The highest BCUT2D eigenvalue weighted by Gasteiger charge is 2.57. The van der Waals surface area contributed by atoms with E-state index in [2.05, 4.69) is 9.88 Å². The molecule has 0 unspecified atom stereocenters. The lowest BCUT2D eigenvalue weighted by atomic mass is 9.86. The number of carbonyl (C=O) groups is 2. The molecule has 2 fully saturated rings. The molecule has 2 aliphatic rings. The number of hydrogen-bond donors (Lipinski definition) is 1. The Morgan fingerprint density at radius 2 is 1.81 bits per heavy atom. The number of Topliss-reactive ketones (excluding diaryl/α,β-unsaturated/α-hetero) is 1. The van der Waals surface area contributed by atoms with Crippen molar-refractivity contribution in [1.82, 2.24) is 14.8 Å². The molecule has 2 saturated heterocycles. The van der Waals surface area contributed by atoms with Crippen LogP contribution in [0, 0.1) is 5.82 Å². The van der Waals surface area contributed by atoms with Gasteiger partial charge in [0.05, 0.1) is 25.7 Å².